The first-order valence-corrected chi connectivity index (χ1v) is 10.5. The molecule has 2 heteroatoms. The third-order valence-corrected chi connectivity index (χ3v) is 7.22. The van der Waals surface area contributed by atoms with Gasteiger partial charge in [0.2, 0.25) is 0 Å². The van der Waals surface area contributed by atoms with Crippen LogP contribution in [0.25, 0.3) is 17.0 Å². The molecule has 1 heterocycles. The number of rotatable bonds is 4. The maximum absolute atomic E-state index is 5.93. The molecule has 3 aromatic rings. The quantitative estimate of drug-likeness (QED) is 0.631. The highest BCUT2D eigenvalue weighted by atomic mass is 28.3. The van der Waals surface area contributed by atoms with E-state index in [1.54, 1.807) is 0 Å². The highest BCUT2D eigenvalue weighted by Gasteiger charge is 2.27. The van der Waals surface area contributed by atoms with Gasteiger partial charge in [-0.1, -0.05) is 73.4 Å². The van der Waals surface area contributed by atoms with Crippen molar-refractivity contribution in [3.8, 4) is 0 Å². The summed E-state index contributed by atoms with van der Waals surface area (Å²) in [5, 5.41) is 2.70. The van der Waals surface area contributed by atoms with Crippen LogP contribution in [0.15, 0.2) is 65.6 Å². The van der Waals surface area contributed by atoms with Crippen LogP contribution in [-0.2, 0) is 6.04 Å². The molecule has 0 amide bonds. The minimum atomic E-state index is -1.56. The summed E-state index contributed by atoms with van der Waals surface area (Å²) in [5.74, 6) is 0.924. The van der Waals surface area contributed by atoms with Gasteiger partial charge in [0.1, 0.15) is 11.3 Å². The maximum Gasteiger partial charge on any atom is 0.135 e. The molecule has 0 spiro atoms. The molecule has 0 aliphatic carbocycles. The molecule has 0 bridgehead atoms. The third kappa shape index (κ3) is 2.59. The molecular formula is C19H20OSi. The first kappa shape index (κ1) is 13.9. The molecule has 0 aliphatic heterocycles. The van der Waals surface area contributed by atoms with Crippen molar-refractivity contribution in [3.05, 3.63) is 72.5 Å². The fourth-order valence-electron chi connectivity index (χ4n) is 2.90. The molecule has 0 fully saturated rings. The Morgan fingerprint density at radius 1 is 1.00 bits per heavy atom. The van der Waals surface area contributed by atoms with Gasteiger partial charge in [-0.15, -0.1) is 0 Å². The summed E-state index contributed by atoms with van der Waals surface area (Å²) in [6, 6.07) is 20.2. The van der Waals surface area contributed by atoms with Crippen molar-refractivity contribution >= 4 is 30.3 Å². The molecule has 0 saturated carbocycles. The van der Waals surface area contributed by atoms with Gasteiger partial charge in [0.25, 0.3) is 0 Å². The van der Waals surface area contributed by atoms with Gasteiger partial charge in [-0.2, -0.15) is 0 Å². The van der Waals surface area contributed by atoms with Gasteiger partial charge < -0.3 is 4.42 Å². The second-order valence-corrected chi connectivity index (χ2v) is 10.8. The molecule has 21 heavy (non-hydrogen) atoms. The Morgan fingerprint density at radius 2 is 1.67 bits per heavy atom. The lowest BCUT2D eigenvalue weighted by molar-refractivity contribution is 0.600. The zero-order chi connectivity index (χ0) is 14.9. The minimum absolute atomic E-state index is 0.924. The molecular weight excluding hydrogens is 272 g/mol. The first-order valence-electron chi connectivity index (χ1n) is 7.30. The Labute approximate surface area is 126 Å². The summed E-state index contributed by atoms with van der Waals surface area (Å²) in [5.41, 5.74) is 2.27. The average molecular weight is 292 g/mol. The van der Waals surface area contributed by atoms with Crippen LogP contribution in [0.1, 0.15) is 11.3 Å². The van der Waals surface area contributed by atoms with E-state index in [9.17, 15) is 0 Å². The van der Waals surface area contributed by atoms with E-state index in [0.717, 1.165) is 17.4 Å². The molecule has 0 N–H and O–H groups in total. The lowest BCUT2D eigenvalue weighted by atomic mass is 10.1. The van der Waals surface area contributed by atoms with Crippen LogP contribution in [0.4, 0.5) is 0 Å². The molecule has 1 aromatic heterocycles. The first-order chi connectivity index (χ1) is 10.1. The largest absolute Gasteiger partial charge is 0.456 e. The molecule has 2 aromatic carbocycles. The van der Waals surface area contributed by atoms with Gasteiger partial charge in [0, 0.05) is 10.9 Å². The van der Waals surface area contributed by atoms with E-state index in [4.69, 9.17) is 4.42 Å². The molecule has 0 atom stereocenters. The van der Waals surface area contributed by atoms with Crippen molar-refractivity contribution in [1.29, 1.82) is 0 Å². The number of furan rings is 1. The van der Waals surface area contributed by atoms with Crippen molar-refractivity contribution in [2.75, 3.05) is 0 Å². The number of hydrogen-bond acceptors (Lipinski definition) is 1. The normalized spacial score (nSPS) is 11.7. The van der Waals surface area contributed by atoms with Crippen molar-refractivity contribution < 1.29 is 4.42 Å². The van der Waals surface area contributed by atoms with E-state index < -0.39 is 8.07 Å². The van der Waals surface area contributed by atoms with Crippen LogP contribution >= 0.6 is 0 Å². The van der Waals surface area contributed by atoms with E-state index in [2.05, 4.69) is 62.1 Å². The Balaban J connectivity index is 2.07. The molecule has 0 aliphatic rings. The molecule has 0 radical (unpaired) electrons. The number of fused-ring (bicyclic) bond motifs is 1. The summed E-state index contributed by atoms with van der Waals surface area (Å²) in [6.45, 7) is 8.74. The number of hydrogen-bond donors (Lipinski definition) is 0. The van der Waals surface area contributed by atoms with Gasteiger partial charge in [-0.3, -0.25) is 0 Å². The summed E-state index contributed by atoms with van der Waals surface area (Å²) in [6.07, 6.45) is 1.84. The van der Waals surface area contributed by atoms with Crippen molar-refractivity contribution in [1.82, 2.24) is 0 Å². The SMILES string of the molecule is C=Cc1oc2ccccc2c1C[Si](C)(C)c1ccccc1. The smallest absolute Gasteiger partial charge is 0.135 e. The number of para-hydroxylation sites is 1. The molecule has 0 unspecified atom stereocenters. The van der Waals surface area contributed by atoms with E-state index in [0.29, 0.717) is 0 Å². The summed E-state index contributed by atoms with van der Waals surface area (Å²) >= 11 is 0. The Hall–Kier alpha value is -2.06. The van der Waals surface area contributed by atoms with Crippen LogP contribution in [-0.4, -0.2) is 8.07 Å². The Kier molecular flexibility index (Phi) is 3.56. The second kappa shape index (κ2) is 5.38. The van der Waals surface area contributed by atoms with E-state index in [1.165, 1.54) is 16.1 Å². The molecule has 1 nitrogen and oxygen atoms in total. The predicted molar refractivity (Wildman–Crippen MR) is 93.6 cm³/mol. The Morgan fingerprint density at radius 3 is 2.38 bits per heavy atom. The number of benzene rings is 2. The summed E-state index contributed by atoms with van der Waals surface area (Å²) in [7, 11) is -1.56. The Bertz CT molecular complexity index is 769. The predicted octanol–water partition coefficient (Wildman–Crippen LogP) is 4.77. The van der Waals surface area contributed by atoms with E-state index >= 15 is 0 Å². The monoisotopic (exact) mass is 292 g/mol. The van der Waals surface area contributed by atoms with Gasteiger partial charge in [-0.25, -0.2) is 0 Å². The van der Waals surface area contributed by atoms with Gasteiger partial charge in [0.15, 0.2) is 0 Å². The summed E-state index contributed by atoms with van der Waals surface area (Å²) < 4.78 is 5.93. The minimum Gasteiger partial charge on any atom is -0.456 e. The summed E-state index contributed by atoms with van der Waals surface area (Å²) in [4.78, 5) is 0. The zero-order valence-electron chi connectivity index (χ0n) is 12.6. The third-order valence-electron chi connectivity index (χ3n) is 4.09. The van der Waals surface area contributed by atoms with Crippen LogP contribution in [0, 0.1) is 0 Å². The van der Waals surface area contributed by atoms with Crippen LogP contribution < -0.4 is 5.19 Å². The van der Waals surface area contributed by atoms with Crippen LogP contribution in [0.3, 0.4) is 0 Å². The maximum atomic E-state index is 5.93. The highest BCUT2D eigenvalue weighted by Crippen LogP contribution is 2.29. The fourth-order valence-corrected chi connectivity index (χ4v) is 5.45. The highest BCUT2D eigenvalue weighted by molar-refractivity contribution is 6.89. The standard InChI is InChI=1S/C19H20OSi/c1-4-18-17(16-12-8-9-13-19(16)20-18)14-21(2,3)15-10-6-5-7-11-15/h4-13H,1,14H2,2-3H3. The molecule has 0 saturated heterocycles. The topological polar surface area (TPSA) is 13.1 Å². The lowest BCUT2D eigenvalue weighted by Gasteiger charge is -2.23. The molecule has 3 rings (SSSR count). The lowest BCUT2D eigenvalue weighted by Crippen LogP contribution is -2.43. The zero-order valence-corrected chi connectivity index (χ0v) is 13.6. The average Bonchev–Trinajstić information content (AvgIpc) is 2.86. The van der Waals surface area contributed by atoms with Gasteiger partial charge in [0.05, 0.1) is 8.07 Å². The van der Waals surface area contributed by atoms with Gasteiger partial charge >= 0.3 is 0 Å². The van der Waals surface area contributed by atoms with E-state index in [1.807, 2.05) is 18.2 Å². The second-order valence-electron chi connectivity index (χ2n) is 6.07. The van der Waals surface area contributed by atoms with Crippen LogP contribution in [0.2, 0.25) is 13.1 Å². The van der Waals surface area contributed by atoms with E-state index in [-0.39, 0.29) is 0 Å². The van der Waals surface area contributed by atoms with Crippen molar-refractivity contribution in [2.24, 2.45) is 0 Å². The van der Waals surface area contributed by atoms with Crippen molar-refractivity contribution in [3.63, 3.8) is 0 Å². The molecule has 106 valence electrons. The van der Waals surface area contributed by atoms with Crippen LogP contribution in [0.5, 0.6) is 0 Å². The van der Waals surface area contributed by atoms with Crippen molar-refractivity contribution in [2.45, 2.75) is 19.1 Å². The van der Waals surface area contributed by atoms with Gasteiger partial charge in [-0.05, 0) is 18.2 Å². The fraction of sp³-hybridized carbons (Fsp3) is 0.158.